The second-order valence-corrected chi connectivity index (χ2v) is 6.45. The molecule has 2 N–H and O–H groups in total. The van der Waals surface area contributed by atoms with Crippen molar-refractivity contribution in [3.8, 4) is 0 Å². The van der Waals surface area contributed by atoms with E-state index in [4.69, 9.17) is 0 Å². The minimum atomic E-state index is -0.0545. The number of rotatable bonds is 2. The molecule has 0 aromatic heterocycles. The van der Waals surface area contributed by atoms with Crippen LogP contribution in [0.1, 0.15) is 22.8 Å². The molecule has 0 saturated heterocycles. The molecular weight excluding hydrogens is 347 g/mol. The molecule has 5 heteroatoms. The summed E-state index contributed by atoms with van der Waals surface area (Å²) in [6.45, 7) is 3.97. The first-order valence-electron chi connectivity index (χ1n) is 5.23. The highest BCUT2D eigenvalue weighted by atomic mass is 127. The number of hydrogen-bond donors (Lipinski definition) is 2. The number of nitrogens with one attached hydrogen (secondary N) is 2. The van der Waals surface area contributed by atoms with Gasteiger partial charge >= 0.3 is 0 Å². The summed E-state index contributed by atoms with van der Waals surface area (Å²) in [7, 11) is 0. The molecule has 1 aromatic carbocycles. The molecule has 2 rings (SSSR count). The average Bonchev–Trinajstić information content (AvgIpc) is 2.63. The van der Waals surface area contributed by atoms with Crippen molar-refractivity contribution in [3.63, 3.8) is 0 Å². The van der Waals surface area contributed by atoms with Crippen LogP contribution in [0.3, 0.4) is 0 Å². The Morgan fingerprint density at radius 2 is 2.24 bits per heavy atom. The Morgan fingerprint density at radius 3 is 2.82 bits per heavy atom. The van der Waals surface area contributed by atoms with Gasteiger partial charge in [-0.1, -0.05) is 11.8 Å². The van der Waals surface area contributed by atoms with E-state index in [9.17, 15) is 4.79 Å². The van der Waals surface area contributed by atoms with E-state index in [-0.39, 0.29) is 11.4 Å². The summed E-state index contributed by atoms with van der Waals surface area (Å²) in [4.78, 5) is 13.2. The maximum Gasteiger partial charge on any atom is 0.253 e. The summed E-state index contributed by atoms with van der Waals surface area (Å²) in [6, 6.07) is 5.82. The summed E-state index contributed by atoms with van der Waals surface area (Å²) in [5.74, 6) is -0.0352. The average molecular weight is 360 g/mol. The molecule has 90 valence electrons. The summed E-state index contributed by atoms with van der Waals surface area (Å²) in [6.07, 6.45) is 1.91. The predicted octanol–water partition coefficient (Wildman–Crippen LogP) is 2.81. The number of benzene rings is 1. The van der Waals surface area contributed by atoms with Crippen LogP contribution in [0.25, 0.3) is 0 Å². The zero-order chi connectivity index (χ0) is 12.4. The number of aryl methyl sites for hydroxylation is 1. The van der Waals surface area contributed by atoms with Gasteiger partial charge in [-0.25, -0.2) is 0 Å². The smallest absolute Gasteiger partial charge is 0.253 e. The quantitative estimate of drug-likeness (QED) is 0.797. The second-order valence-electron chi connectivity index (χ2n) is 3.85. The molecule has 1 aliphatic rings. The van der Waals surface area contributed by atoms with Crippen molar-refractivity contribution in [2.24, 2.45) is 0 Å². The van der Waals surface area contributed by atoms with Crippen LogP contribution in [-0.4, -0.2) is 11.4 Å². The molecule has 1 amide bonds. The van der Waals surface area contributed by atoms with Gasteiger partial charge in [-0.15, -0.1) is 0 Å². The third-order valence-electron chi connectivity index (χ3n) is 2.44. The maximum atomic E-state index is 12.0. The van der Waals surface area contributed by atoms with Gasteiger partial charge in [0.1, 0.15) is 0 Å². The van der Waals surface area contributed by atoms with Crippen LogP contribution in [0.2, 0.25) is 0 Å². The van der Waals surface area contributed by atoms with E-state index in [2.05, 4.69) is 33.2 Å². The minimum Gasteiger partial charge on any atom is -0.362 e. The Morgan fingerprint density at radius 1 is 1.47 bits per heavy atom. The van der Waals surface area contributed by atoms with Crippen LogP contribution >= 0.6 is 34.4 Å². The van der Waals surface area contributed by atoms with Crippen molar-refractivity contribution in [1.82, 2.24) is 10.6 Å². The van der Waals surface area contributed by atoms with E-state index in [1.807, 2.05) is 38.2 Å². The normalized spacial score (nSPS) is 18.5. The second kappa shape index (κ2) is 5.30. The van der Waals surface area contributed by atoms with Crippen molar-refractivity contribution in [1.29, 1.82) is 0 Å². The van der Waals surface area contributed by atoms with Crippen molar-refractivity contribution in [2.45, 2.75) is 19.3 Å². The summed E-state index contributed by atoms with van der Waals surface area (Å²) in [5, 5.41) is 6.05. The molecule has 3 nitrogen and oxygen atoms in total. The zero-order valence-corrected chi connectivity index (χ0v) is 12.6. The summed E-state index contributed by atoms with van der Waals surface area (Å²) >= 11 is 3.86. The molecule has 0 radical (unpaired) electrons. The van der Waals surface area contributed by atoms with Gasteiger partial charge in [0, 0.05) is 20.2 Å². The molecular formula is C12H13IN2OS. The lowest BCUT2D eigenvalue weighted by Gasteiger charge is -2.14. The van der Waals surface area contributed by atoms with E-state index >= 15 is 0 Å². The molecule has 0 bridgehead atoms. The number of carbonyl (C=O) groups excluding carboxylic acids is 1. The molecule has 0 saturated carbocycles. The highest BCUT2D eigenvalue weighted by Crippen LogP contribution is 2.23. The number of hydrogen-bond acceptors (Lipinski definition) is 3. The zero-order valence-electron chi connectivity index (χ0n) is 9.58. The van der Waals surface area contributed by atoms with Gasteiger partial charge in [0.15, 0.2) is 5.50 Å². The highest BCUT2D eigenvalue weighted by Gasteiger charge is 2.18. The SMILES string of the molecule is CC1=CNC(NC(=O)c2ccc(I)cc2C)S1. The van der Waals surface area contributed by atoms with Gasteiger partial charge in [-0.05, 0) is 60.2 Å². The Labute approximate surface area is 119 Å². The van der Waals surface area contributed by atoms with Gasteiger partial charge in [0.2, 0.25) is 0 Å². The molecule has 0 fully saturated rings. The number of halogens is 1. The Hall–Kier alpha value is -0.690. The number of amides is 1. The topological polar surface area (TPSA) is 41.1 Å². The molecule has 1 atom stereocenters. The maximum absolute atomic E-state index is 12.0. The fourth-order valence-corrected chi connectivity index (χ4v) is 3.05. The first-order chi connectivity index (χ1) is 8.06. The highest BCUT2D eigenvalue weighted by molar-refractivity contribution is 14.1. The van der Waals surface area contributed by atoms with Gasteiger partial charge in [0.05, 0.1) is 0 Å². The van der Waals surface area contributed by atoms with Gasteiger partial charge in [-0.3, -0.25) is 4.79 Å². The van der Waals surface area contributed by atoms with Crippen LogP contribution in [0.5, 0.6) is 0 Å². The molecule has 1 unspecified atom stereocenters. The minimum absolute atomic E-state index is 0.0352. The van der Waals surface area contributed by atoms with Crippen LogP contribution in [0.15, 0.2) is 29.3 Å². The Kier molecular flexibility index (Phi) is 3.98. The van der Waals surface area contributed by atoms with Gasteiger partial charge in [0.25, 0.3) is 5.91 Å². The van der Waals surface area contributed by atoms with Crippen LogP contribution < -0.4 is 10.6 Å². The lowest BCUT2D eigenvalue weighted by Crippen LogP contribution is -2.38. The van der Waals surface area contributed by atoms with E-state index in [1.165, 1.54) is 4.91 Å². The van der Waals surface area contributed by atoms with Crippen molar-refractivity contribution >= 4 is 40.3 Å². The van der Waals surface area contributed by atoms with Crippen LogP contribution in [0.4, 0.5) is 0 Å². The monoisotopic (exact) mass is 360 g/mol. The number of carbonyl (C=O) groups is 1. The first kappa shape index (κ1) is 12.8. The van der Waals surface area contributed by atoms with Crippen molar-refractivity contribution in [3.05, 3.63) is 44.0 Å². The van der Waals surface area contributed by atoms with E-state index in [0.29, 0.717) is 0 Å². The molecule has 0 aliphatic carbocycles. The standard InChI is InChI=1S/C12H13IN2OS/c1-7-5-9(13)3-4-10(7)11(16)15-12-14-6-8(2)17-12/h3-6,12,14H,1-2H3,(H,15,16). The number of allylic oxidation sites excluding steroid dienone is 1. The lowest BCUT2D eigenvalue weighted by atomic mass is 10.1. The molecule has 1 aliphatic heterocycles. The number of thioether (sulfide) groups is 1. The summed E-state index contributed by atoms with van der Waals surface area (Å²) in [5.41, 5.74) is 1.68. The predicted molar refractivity (Wildman–Crippen MR) is 79.6 cm³/mol. The Balaban J connectivity index is 2.05. The van der Waals surface area contributed by atoms with E-state index < -0.39 is 0 Å². The van der Waals surface area contributed by atoms with Crippen LogP contribution in [-0.2, 0) is 0 Å². The lowest BCUT2D eigenvalue weighted by molar-refractivity contribution is 0.0947. The van der Waals surface area contributed by atoms with Gasteiger partial charge < -0.3 is 10.6 Å². The third kappa shape index (κ3) is 3.16. The molecule has 17 heavy (non-hydrogen) atoms. The molecule has 0 spiro atoms. The van der Waals surface area contributed by atoms with E-state index in [1.54, 1.807) is 11.8 Å². The Bertz CT molecular complexity index is 487. The van der Waals surface area contributed by atoms with Gasteiger partial charge in [-0.2, -0.15) is 0 Å². The fourth-order valence-electron chi connectivity index (χ4n) is 1.60. The van der Waals surface area contributed by atoms with Crippen molar-refractivity contribution < 1.29 is 4.79 Å². The van der Waals surface area contributed by atoms with Crippen molar-refractivity contribution in [2.75, 3.05) is 0 Å². The fraction of sp³-hybridized carbons (Fsp3) is 0.250. The van der Waals surface area contributed by atoms with Crippen LogP contribution in [0, 0.1) is 10.5 Å². The largest absolute Gasteiger partial charge is 0.362 e. The third-order valence-corrected chi connectivity index (χ3v) is 4.09. The van der Waals surface area contributed by atoms with E-state index in [0.717, 1.165) is 14.7 Å². The molecule has 1 aromatic rings. The summed E-state index contributed by atoms with van der Waals surface area (Å²) < 4.78 is 1.14. The first-order valence-corrected chi connectivity index (χ1v) is 7.18. The molecule has 1 heterocycles.